The Labute approximate surface area is 245 Å². The van der Waals surface area contributed by atoms with Crippen LogP contribution < -0.4 is 9.64 Å². The molecule has 9 nitrogen and oxygen atoms in total. The number of anilines is 1. The number of carboxylic acid groups (broad SMARTS) is 1. The van der Waals surface area contributed by atoms with Crippen molar-refractivity contribution in [3.63, 3.8) is 0 Å². The van der Waals surface area contributed by atoms with Crippen molar-refractivity contribution < 1.29 is 14.6 Å². The van der Waals surface area contributed by atoms with Gasteiger partial charge in [0.2, 0.25) is 0 Å². The lowest BCUT2D eigenvalue weighted by Crippen LogP contribution is -2.55. The van der Waals surface area contributed by atoms with Gasteiger partial charge in [0.05, 0.1) is 24.0 Å². The molecule has 2 atom stereocenters. The van der Waals surface area contributed by atoms with Gasteiger partial charge < -0.3 is 24.5 Å². The van der Waals surface area contributed by atoms with Crippen molar-refractivity contribution in [1.82, 2.24) is 19.8 Å². The summed E-state index contributed by atoms with van der Waals surface area (Å²) in [6, 6.07) is 12.7. The second kappa shape index (κ2) is 11.7. The third-order valence-corrected chi connectivity index (χ3v) is 9.17. The minimum absolute atomic E-state index is 0.104. The van der Waals surface area contributed by atoms with Gasteiger partial charge in [0.25, 0.3) is 0 Å². The Hall–Kier alpha value is -3.61. The van der Waals surface area contributed by atoms with Crippen molar-refractivity contribution >= 4 is 34.4 Å². The van der Waals surface area contributed by atoms with Crippen molar-refractivity contribution in [2.45, 2.75) is 57.0 Å². The van der Waals surface area contributed by atoms with Crippen LogP contribution in [0.15, 0.2) is 30.3 Å². The maximum atomic E-state index is 11.8. The van der Waals surface area contributed by atoms with Crippen molar-refractivity contribution in [2.24, 2.45) is 0 Å². The third kappa shape index (κ3) is 5.51. The van der Waals surface area contributed by atoms with Crippen LogP contribution in [0, 0.1) is 11.3 Å². The highest BCUT2D eigenvalue weighted by atomic mass is 35.5. The number of hydrogen-bond donors (Lipinski definition) is 1. The number of benzene rings is 2. The van der Waals surface area contributed by atoms with Crippen molar-refractivity contribution in [2.75, 3.05) is 44.7 Å². The van der Waals surface area contributed by atoms with Crippen LogP contribution in [0.3, 0.4) is 0 Å². The van der Waals surface area contributed by atoms with E-state index in [0.29, 0.717) is 42.6 Å². The maximum Gasteiger partial charge on any atom is 0.407 e. The average Bonchev–Trinajstić information content (AvgIpc) is 3.39. The number of nitrogens with zero attached hydrogens (tertiary/aromatic N) is 6. The molecule has 1 amide bonds. The van der Waals surface area contributed by atoms with Crippen molar-refractivity contribution in [3.8, 4) is 23.2 Å². The van der Waals surface area contributed by atoms with Gasteiger partial charge in [0.15, 0.2) is 0 Å². The minimum atomic E-state index is -1.01. The largest absolute Gasteiger partial charge is 0.465 e. The molecule has 1 aliphatic carbocycles. The monoisotopic (exact) mass is 574 g/mol. The molecule has 3 aliphatic rings. The number of likely N-dealkylation sites (tertiary alicyclic amines) is 1. The summed E-state index contributed by atoms with van der Waals surface area (Å²) in [6.45, 7) is 2.62. The molecule has 3 aromatic rings. The first-order valence-electron chi connectivity index (χ1n) is 14.5. The summed E-state index contributed by atoms with van der Waals surface area (Å²) in [4.78, 5) is 27.2. The summed E-state index contributed by atoms with van der Waals surface area (Å²) < 4.78 is 6.22. The molecule has 3 heterocycles. The molecule has 10 heteroatoms. The number of fused-ring (bicyclic) bond motifs is 2. The average molecular weight is 575 g/mol. The Morgan fingerprint density at radius 3 is 2.76 bits per heavy atom. The molecular weight excluding hydrogens is 540 g/mol. The molecule has 0 bridgehead atoms. The van der Waals surface area contributed by atoms with Crippen molar-refractivity contribution in [1.29, 1.82) is 5.26 Å². The van der Waals surface area contributed by atoms with Crippen LogP contribution in [0.2, 0.25) is 5.02 Å². The van der Waals surface area contributed by atoms with E-state index in [1.165, 1.54) is 28.9 Å². The van der Waals surface area contributed by atoms with E-state index < -0.39 is 12.1 Å². The lowest BCUT2D eigenvalue weighted by Gasteiger charge is -2.40. The lowest BCUT2D eigenvalue weighted by atomic mass is 9.86. The maximum absolute atomic E-state index is 11.8. The molecule has 0 saturated carbocycles. The normalized spacial score (nSPS) is 21.1. The first-order chi connectivity index (χ1) is 19.9. The van der Waals surface area contributed by atoms with Crippen LogP contribution in [-0.2, 0) is 12.8 Å². The number of carbonyl (C=O) groups is 1. The number of hydrogen-bond acceptors (Lipinski definition) is 7. The highest BCUT2D eigenvalue weighted by molar-refractivity contribution is 6.34. The summed E-state index contributed by atoms with van der Waals surface area (Å²) in [6.07, 6.45) is 5.80. The zero-order chi connectivity index (χ0) is 28.5. The molecule has 2 saturated heterocycles. The Morgan fingerprint density at radius 2 is 1.98 bits per heavy atom. The number of likely N-dealkylation sites (N-methyl/N-ethyl adjacent to an activating group) is 1. The van der Waals surface area contributed by atoms with Crippen LogP contribution >= 0.6 is 11.6 Å². The van der Waals surface area contributed by atoms with Crippen LogP contribution in [0.25, 0.3) is 22.0 Å². The summed E-state index contributed by atoms with van der Waals surface area (Å²) in [5.74, 6) is 0.654. The van der Waals surface area contributed by atoms with Crippen LogP contribution in [-0.4, -0.2) is 82.9 Å². The fourth-order valence-corrected chi connectivity index (χ4v) is 6.86. The molecule has 1 aromatic heterocycles. The number of rotatable bonds is 6. The zero-order valence-corrected chi connectivity index (χ0v) is 24.1. The zero-order valence-electron chi connectivity index (χ0n) is 23.4. The highest BCUT2D eigenvalue weighted by Gasteiger charge is 2.32. The fourth-order valence-electron chi connectivity index (χ4n) is 6.60. The van der Waals surface area contributed by atoms with Gasteiger partial charge in [-0.05, 0) is 80.9 Å². The molecule has 2 unspecified atom stereocenters. The molecule has 2 fully saturated rings. The molecule has 6 rings (SSSR count). The fraction of sp³-hybridized carbons (Fsp3) is 0.484. The number of piperazine rings is 1. The smallest absolute Gasteiger partial charge is 0.407 e. The molecule has 0 radical (unpaired) electrons. The first kappa shape index (κ1) is 27.6. The highest BCUT2D eigenvalue weighted by Crippen LogP contribution is 2.40. The van der Waals surface area contributed by atoms with Crippen LogP contribution in [0.4, 0.5) is 10.6 Å². The van der Waals surface area contributed by atoms with Crippen LogP contribution in [0.1, 0.15) is 43.2 Å². The van der Waals surface area contributed by atoms with E-state index in [1.807, 2.05) is 17.0 Å². The molecular formula is C31H35ClN6O3. The summed E-state index contributed by atoms with van der Waals surface area (Å²) in [7, 11) is 2.11. The predicted octanol–water partition coefficient (Wildman–Crippen LogP) is 5.38. The number of nitriles is 1. The van der Waals surface area contributed by atoms with Gasteiger partial charge in [-0.1, -0.05) is 29.8 Å². The number of halogens is 1. The standard InChI is InChI=1S/C31H35ClN6O3/c1-36-13-5-8-22(36)19-41-30-34-28-17-25(24-10-4-7-20-6-2-3-9-23(20)24)27(32)16-26(28)29(35-30)37-14-15-38(31(39)40)21(18-37)11-12-33/h4,7,10,16-17,21-22H,2-3,5-6,8-9,11,13-15,18-19H2,1H3,(H,39,40). The van der Waals surface area contributed by atoms with E-state index >= 15 is 0 Å². The second-order valence-corrected chi connectivity index (χ2v) is 11.8. The Morgan fingerprint density at radius 1 is 1.12 bits per heavy atom. The topological polar surface area (TPSA) is 106 Å². The molecule has 1 N–H and O–H groups in total. The third-order valence-electron chi connectivity index (χ3n) is 8.86. The second-order valence-electron chi connectivity index (χ2n) is 11.4. The molecule has 0 spiro atoms. The summed E-state index contributed by atoms with van der Waals surface area (Å²) in [5.41, 5.74) is 5.57. The van der Waals surface area contributed by atoms with Gasteiger partial charge in [0, 0.05) is 41.6 Å². The molecule has 2 aliphatic heterocycles. The quantitative estimate of drug-likeness (QED) is 0.418. The van der Waals surface area contributed by atoms with E-state index in [2.05, 4.69) is 36.2 Å². The Kier molecular flexibility index (Phi) is 7.87. The summed E-state index contributed by atoms with van der Waals surface area (Å²) >= 11 is 7.00. The van der Waals surface area contributed by atoms with E-state index in [1.54, 1.807) is 0 Å². The lowest BCUT2D eigenvalue weighted by molar-refractivity contribution is 0.119. The van der Waals surface area contributed by atoms with Gasteiger partial charge in [-0.25, -0.2) is 4.79 Å². The molecule has 41 heavy (non-hydrogen) atoms. The van der Waals surface area contributed by atoms with Gasteiger partial charge in [-0.3, -0.25) is 0 Å². The van der Waals surface area contributed by atoms with Crippen LogP contribution in [0.5, 0.6) is 6.01 Å². The number of aryl methyl sites for hydroxylation is 1. The van der Waals surface area contributed by atoms with Crippen molar-refractivity contribution in [3.05, 3.63) is 46.5 Å². The predicted molar refractivity (Wildman–Crippen MR) is 159 cm³/mol. The number of aromatic nitrogens is 2. The first-order valence-corrected chi connectivity index (χ1v) is 14.9. The minimum Gasteiger partial charge on any atom is -0.465 e. The van der Waals surface area contributed by atoms with E-state index in [9.17, 15) is 15.2 Å². The number of amides is 1. The Balaban J connectivity index is 1.42. The molecule has 214 valence electrons. The summed E-state index contributed by atoms with van der Waals surface area (Å²) in [5, 5.41) is 20.5. The molecule has 2 aromatic carbocycles. The van der Waals surface area contributed by atoms with Gasteiger partial charge in [0.1, 0.15) is 12.4 Å². The van der Waals surface area contributed by atoms with Gasteiger partial charge >= 0.3 is 12.1 Å². The van der Waals surface area contributed by atoms with Gasteiger partial charge in [-0.15, -0.1) is 0 Å². The SMILES string of the molecule is CN1CCCC1COc1nc(N2CCN(C(=O)O)C(CC#N)C2)c2cc(Cl)c(-c3cccc4c3CCCC4)cc2n1. The Bertz CT molecular complexity index is 1510. The van der Waals surface area contributed by atoms with E-state index in [0.717, 1.165) is 54.3 Å². The van der Waals surface area contributed by atoms with E-state index in [4.69, 9.17) is 26.3 Å². The van der Waals surface area contributed by atoms with E-state index in [-0.39, 0.29) is 13.0 Å². The number of ether oxygens (including phenoxy) is 1. The van der Waals surface area contributed by atoms with Gasteiger partial charge in [-0.2, -0.15) is 15.2 Å².